The van der Waals surface area contributed by atoms with Crippen LogP contribution in [0.1, 0.15) is 91.3 Å². The van der Waals surface area contributed by atoms with Crippen LogP contribution < -0.4 is 42.4 Å². The van der Waals surface area contributed by atoms with Crippen LogP contribution in [0, 0.1) is 5.92 Å². The minimum atomic E-state index is -1.33. The molecule has 7 amide bonds. The number of nitrogens with two attached hydrogens (primary N) is 1. The molecule has 3 aromatic carbocycles. The van der Waals surface area contributed by atoms with E-state index in [1.54, 1.807) is 96.1 Å². The van der Waals surface area contributed by atoms with Crippen molar-refractivity contribution in [2.75, 3.05) is 13.1 Å². The molecule has 0 aliphatic carbocycles. The van der Waals surface area contributed by atoms with E-state index in [0.717, 1.165) is 11.1 Å². The first-order chi connectivity index (χ1) is 32.0. The van der Waals surface area contributed by atoms with Crippen LogP contribution in [0.25, 0.3) is 0 Å². The lowest BCUT2D eigenvalue weighted by Gasteiger charge is -2.25. The lowest BCUT2D eigenvalue weighted by molar-refractivity contribution is -0.132. The van der Waals surface area contributed by atoms with E-state index < -0.39 is 89.8 Å². The second-order valence-electron chi connectivity index (χ2n) is 18.4. The zero-order valence-electron chi connectivity index (χ0n) is 40.1. The number of ether oxygens (including phenoxy) is 4. The normalized spacial score (nSPS) is 13.0. The van der Waals surface area contributed by atoms with Crippen molar-refractivity contribution in [3.8, 4) is 5.75 Å². The van der Waals surface area contributed by atoms with Crippen LogP contribution in [0.15, 0.2) is 84.9 Å². The summed E-state index contributed by atoms with van der Waals surface area (Å²) < 4.78 is 21.2. The highest BCUT2D eigenvalue weighted by Gasteiger charge is 2.30. The Morgan fingerprint density at radius 3 is 1.69 bits per heavy atom. The molecule has 0 bridgehead atoms. The largest absolute Gasteiger partial charge is 0.514 e. The Bertz CT molecular complexity index is 2140. The van der Waals surface area contributed by atoms with Crippen molar-refractivity contribution in [3.05, 3.63) is 102 Å². The first-order valence-corrected chi connectivity index (χ1v) is 22.4. The third kappa shape index (κ3) is 22.3. The molecule has 8 N–H and O–H groups in total. The monoisotopic (exact) mass is 945 g/mol. The Morgan fingerprint density at radius 1 is 0.574 bits per heavy atom. The average molecular weight is 946 g/mol. The Hall–Kier alpha value is -7.18. The highest BCUT2D eigenvalue weighted by molar-refractivity contribution is 5.94. The summed E-state index contributed by atoms with van der Waals surface area (Å²) in [6.45, 7) is 13.2. The molecule has 0 radical (unpaired) electrons. The highest BCUT2D eigenvalue weighted by Crippen LogP contribution is 2.17. The summed E-state index contributed by atoms with van der Waals surface area (Å²) in [4.78, 5) is 105. The van der Waals surface area contributed by atoms with E-state index in [9.17, 15) is 38.4 Å². The summed E-state index contributed by atoms with van der Waals surface area (Å²) >= 11 is 0. The number of carbonyl (C=O) groups excluding carboxylic acids is 8. The summed E-state index contributed by atoms with van der Waals surface area (Å²) in [5.74, 6) is -3.43. The molecular formula is C49H67N7O12. The van der Waals surface area contributed by atoms with Gasteiger partial charge in [0.25, 0.3) is 0 Å². The van der Waals surface area contributed by atoms with Gasteiger partial charge in [0.2, 0.25) is 29.5 Å². The summed E-state index contributed by atoms with van der Waals surface area (Å²) in [7, 11) is 0. The maximum atomic E-state index is 14.1. The third-order valence-electron chi connectivity index (χ3n) is 9.48. The standard InChI is InChI=1S/C49H67N7O12/c1-31(2)26-38(55-45(62)65-30-34-18-13-10-14-19-34)43(60)51-25-15-20-36(42(59)52-29-40(57)53-37(41(50)58)27-32-16-11-9-12-17-32)54-44(61)39(56-46(63)67-48(3,4)5)28-33-21-23-35(24-22-33)66-47(64)68-49(6,7)8/h9-14,16-19,21-24,31,36-39H,15,20,25-30H2,1-8H3,(H2,50,58)(H,51,60)(H,52,59)(H,53,57)(H,54,61)(H,55,62)(H,56,63)/t36-,37+,38+,39+/m1/s1. The predicted octanol–water partition coefficient (Wildman–Crippen LogP) is 4.49. The minimum absolute atomic E-state index is 0.00414. The van der Waals surface area contributed by atoms with Crippen molar-refractivity contribution in [1.29, 1.82) is 0 Å². The van der Waals surface area contributed by atoms with E-state index in [2.05, 4.69) is 31.9 Å². The van der Waals surface area contributed by atoms with Crippen molar-refractivity contribution in [1.82, 2.24) is 31.9 Å². The van der Waals surface area contributed by atoms with Crippen molar-refractivity contribution in [2.24, 2.45) is 11.7 Å². The molecule has 0 unspecified atom stereocenters. The average Bonchev–Trinajstić information content (AvgIpc) is 3.24. The number of rotatable bonds is 23. The molecule has 0 saturated carbocycles. The van der Waals surface area contributed by atoms with Gasteiger partial charge in [0, 0.05) is 19.4 Å². The molecule has 0 saturated heterocycles. The van der Waals surface area contributed by atoms with E-state index >= 15 is 0 Å². The van der Waals surface area contributed by atoms with Crippen molar-refractivity contribution >= 4 is 47.9 Å². The highest BCUT2D eigenvalue weighted by atomic mass is 16.7. The summed E-state index contributed by atoms with van der Waals surface area (Å²) in [5, 5.41) is 15.7. The molecule has 0 fully saturated rings. The number of carbonyl (C=O) groups is 8. The third-order valence-corrected chi connectivity index (χ3v) is 9.48. The van der Waals surface area contributed by atoms with Crippen molar-refractivity contribution in [2.45, 2.75) is 129 Å². The number of hydrogen-bond acceptors (Lipinski definition) is 12. The van der Waals surface area contributed by atoms with Crippen LogP contribution in [-0.4, -0.2) is 96.3 Å². The van der Waals surface area contributed by atoms with Gasteiger partial charge in [-0.15, -0.1) is 0 Å². The molecule has 0 heterocycles. The Balaban J connectivity index is 1.78. The molecule has 19 heteroatoms. The minimum Gasteiger partial charge on any atom is -0.445 e. The molecular weight excluding hydrogens is 879 g/mol. The molecule has 0 spiro atoms. The molecule has 3 aromatic rings. The zero-order chi connectivity index (χ0) is 50.4. The summed E-state index contributed by atoms with van der Waals surface area (Å²) in [5.41, 5.74) is 5.88. The van der Waals surface area contributed by atoms with Crippen LogP contribution in [0.4, 0.5) is 14.4 Å². The number of primary amides is 1. The van der Waals surface area contributed by atoms with Gasteiger partial charge in [0.05, 0.1) is 6.54 Å². The van der Waals surface area contributed by atoms with E-state index in [1.807, 2.05) is 32.0 Å². The van der Waals surface area contributed by atoms with Gasteiger partial charge >= 0.3 is 18.3 Å². The second-order valence-corrected chi connectivity index (χ2v) is 18.4. The number of alkyl carbamates (subject to hydrolysis) is 2. The molecule has 68 heavy (non-hydrogen) atoms. The van der Waals surface area contributed by atoms with Crippen molar-refractivity contribution in [3.63, 3.8) is 0 Å². The van der Waals surface area contributed by atoms with E-state index in [4.69, 9.17) is 24.7 Å². The van der Waals surface area contributed by atoms with Gasteiger partial charge in [-0.3, -0.25) is 24.0 Å². The molecule has 370 valence electrons. The van der Waals surface area contributed by atoms with Crippen LogP contribution in [0.2, 0.25) is 0 Å². The lowest BCUT2D eigenvalue weighted by atomic mass is 10.0. The van der Waals surface area contributed by atoms with Gasteiger partial charge in [-0.2, -0.15) is 0 Å². The SMILES string of the molecule is CC(C)C[C@H](NC(=O)OCc1ccccc1)C(=O)NCCC[C@@H](NC(=O)[C@H](Cc1ccc(OC(=O)OC(C)(C)C)cc1)NC(=O)OC(C)(C)C)C(=O)NCC(=O)N[C@@H](Cc1ccccc1)C(N)=O. The fourth-order valence-corrected chi connectivity index (χ4v) is 6.36. The summed E-state index contributed by atoms with van der Waals surface area (Å²) in [6.07, 6.45) is -2.28. The number of amides is 7. The van der Waals surface area contributed by atoms with E-state index in [1.165, 1.54) is 12.1 Å². The zero-order valence-corrected chi connectivity index (χ0v) is 40.1. The topological polar surface area (TPSA) is 272 Å². The predicted molar refractivity (Wildman–Crippen MR) is 252 cm³/mol. The van der Waals surface area contributed by atoms with Crippen LogP contribution in [0.3, 0.4) is 0 Å². The maximum Gasteiger partial charge on any atom is 0.514 e. The molecule has 0 aliphatic heterocycles. The molecule has 19 nitrogen and oxygen atoms in total. The van der Waals surface area contributed by atoms with Gasteiger partial charge < -0.3 is 56.6 Å². The number of hydrogen-bond donors (Lipinski definition) is 7. The van der Waals surface area contributed by atoms with Gasteiger partial charge in [-0.25, -0.2) is 14.4 Å². The second kappa shape index (κ2) is 26.8. The maximum absolute atomic E-state index is 14.1. The lowest BCUT2D eigenvalue weighted by Crippen LogP contribution is -2.56. The van der Waals surface area contributed by atoms with Gasteiger partial charge in [-0.1, -0.05) is 86.6 Å². The van der Waals surface area contributed by atoms with Crippen LogP contribution in [-0.2, 0) is 57.6 Å². The quantitative estimate of drug-likeness (QED) is 0.0300. The van der Waals surface area contributed by atoms with E-state index in [-0.39, 0.29) is 50.5 Å². The fraction of sp³-hybridized carbons (Fsp3) is 0.469. The first-order valence-electron chi connectivity index (χ1n) is 22.4. The van der Waals surface area contributed by atoms with Gasteiger partial charge in [0.15, 0.2) is 0 Å². The Labute approximate surface area is 397 Å². The van der Waals surface area contributed by atoms with Gasteiger partial charge in [0.1, 0.15) is 47.7 Å². The molecule has 3 rings (SSSR count). The van der Waals surface area contributed by atoms with Crippen LogP contribution in [0.5, 0.6) is 5.75 Å². The summed E-state index contributed by atoms with van der Waals surface area (Å²) in [6, 6.07) is 19.4. The number of nitrogens with one attached hydrogen (secondary N) is 6. The Morgan fingerprint density at radius 2 is 1.12 bits per heavy atom. The van der Waals surface area contributed by atoms with E-state index in [0.29, 0.717) is 12.0 Å². The first kappa shape index (κ1) is 55.1. The molecule has 4 atom stereocenters. The number of benzene rings is 3. The van der Waals surface area contributed by atoms with Gasteiger partial charge in [-0.05, 0) is 95.5 Å². The smallest absolute Gasteiger partial charge is 0.445 e. The van der Waals surface area contributed by atoms with Crippen LogP contribution >= 0.6 is 0 Å². The Kier molecular flexibility index (Phi) is 21.8. The molecule has 0 aromatic heterocycles. The van der Waals surface area contributed by atoms with Crippen molar-refractivity contribution < 1.29 is 57.3 Å². The fourth-order valence-electron chi connectivity index (χ4n) is 6.36. The molecule has 0 aliphatic rings.